The van der Waals surface area contributed by atoms with Crippen molar-refractivity contribution in [3.05, 3.63) is 0 Å². The predicted octanol–water partition coefficient (Wildman–Crippen LogP) is 2.04. The zero-order chi connectivity index (χ0) is 21.2. The van der Waals surface area contributed by atoms with Crippen LogP contribution in [0.25, 0.3) is 0 Å². The molecule has 0 saturated heterocycles. The van der Waals surface area contributed by atoms with Crippen LogP contribution in [0.2, 0.25) is 0 Å². The molecule has 0 aromatic carbocycles. The van der Waals surface area contributed by atoms with E-state index in [-0.39, 0.29) is 42.3 Å². The standard InChI is InChI=1S/C20H36N2O6S/c1-25-17-10-9-13(11-19(17)27-3)15-12-16(22(21-15)29(5,23)24)14-7-6-8-18(26-2)20(14)28-4/h13-14,16-20H,6-12H2,1-5H3. The summed E-state index contributed by atoms with van der Waals surface area (Å²) in [4.78, 5) is 0. The van der Waals surface area contributed by atoms with Crippen molar-refractivity contribution in [2.75, 3.05) is 34.7 Å². The molecule has 3 aliphatic rings. The summed E-state index contributed by atoms with van der Waals surface area (Å²) in [5, 5.41) is 4.65. The number of nitrogens with zero attached hydrogens (tertiary/aromatic N) is 2. The Bertz CT molecular complexity index is 684. The summed E-state index contributed by atoms with van der Waals surface area (Å²) in [5.41, 5.74) is 0.964. The lowest BCUT2D eigenvalue weighted by Gasteiger charge is -2.41. The van der Waals surface area contributed by atoms with Gasteiger partial charge >= 0.3 is 0 Å². The van der Waals surface area contributed by atoms with Crippen molar-refractivity contribution >= 4 is 15.7 Å². The van der Waals surface area contributed by atoms with Crippen LogP contribution in [-0.4, -0.2) is 83.7 Å². The van der Waals surface area contributed by atoms with E-state index in [1.807, 2.05) is 0 Å². The Kier molecular flexibility index (Phi) is 7.59. The maximum atomic E-state index is 12.6. The smallest absolute Gasteiger partial charge is 0.247 e. The number of hydrazone groups is 1. The first-order valence-corrected chi connectivity index (χ1v) is 12.4. The molecule has 7 unspecified atom stereocenters. The van der Waals surface area contributed by atoms with Crippen molar-refractivity contribution in [3.63, 3.8) is 0 Å². The van der Waals surface area contributed by atoms with Gasteiger partial charge in [0.05, 0.1) is 36.7 Å². The molecule has 168 valence electrons. The number of hydrogen-bond donors (Lipinski definition) is 0. The number of sulfonamides is 1. The van der Waals surface area contributed by atoms with Gasteiger partial charge in [-0.15, -0.1) is 0 Å². The Hall–Kier alpha value is -0.740. The number of rotatable bonds is 7. The van der Waals surface area contributed by atoms with Crippen LogP contribution in [0, 0.1) is 11.8 Å². The van der Waals surface area contributed by atoms with Crippen LogP contribution in [0.15, 0.2) is 5.10 Å². The van der Waals surface area contributed by atoms with Crippen molar-refractivity contribution in [1.29, 1.82) is 0 Å². The largest absolute Gasteiger partial charge is 0.379 e. The SMILES string of the molecule is COC1CCC(C2=NN(S(C)(=O)=O)C(C3CCCC(OC)C3OC)C2)CC1OC. The Morgan fingerprint density at radius 3 is 2.17 bits per heavy atom. The van der Waals surface area contributed by atoms with E-state index >= 15 is 0 Å². The van der Waals surface area contributed by atoms with Crippen LogP contribution in [0.4, 0.5) is 0 Å². The first-order valence-electron chi connectivity index (χ1n) is 10.5. The molecule has 7 atom stereocenters. The van der Waals surface area contributed by atoms with Gasteiger partial charge in [0, 0.05) is 52.4 Å². The monoisotopic (exact) mass is 432 g/mol. The van der Waals surface area contributed by atoms with Gasteiger partial charge in [-0.2, -0.15) is 9.52 Å². The molecule has 1 aliphatic heterocycles. The van der Waals surface area contributed by atoms with E-state index in [1.54, 1.807) is 28.4 Å². The van der Waals surface area contributed by atoms with Crippen LogP contribution in [0.5, 0.6) is 0 Å². The van der Waals surface area contributed by atoms with Crippen LogP contribution in [0.3, 0.4) is 0 Å². The third kappa shape index (κ3) is 4.79. The minimum atomic E-state index is -3.47. The van der Waals surface area contributed by atoms with E-state index < -0.39 is 10.0 Å². The van der Waals surface area contributed by atoms with E-state index in [0.29, 0.717) is 6.42 Å². The summed E-state index contributed by atoms with van der Waals surface area (Å²) in [6.45, 7) is 0. The second-order valence-electron chi connectivity index (χ2n) is 8.53. The highest BCUT2D eigenvalue weighted by Crippen LogP contribution is 2.40. The van der Waals surface area contributed by atoms with E-state index in [2.05, 4.69) is 5.10 Å². The van der Waals surface area contributed by atoms with E-state index in [4.69, 9.17) is 18.9 Å². The third-order valence-electron chi connectivity index (χ3n) is 6.96. The van der Waals surface area contributed by atoms with Crippen molar-refractivity contribution in [3.8, 4) is 0 Å². The molecule has 0 N–H and O–H groups in total. The topological polar surface area (TPSA) is 86.7 Å². The Morgan fingerprint density at radius 1 is 0.897 bits per heavy atom. The summed E-state index contributed by atoms with van der Waals surface area (Å²) < 4.78 is 49.1. The molecular weight excluding hydrogens is 396 g/mol. The molecule has 2 aliphatic carbocycles. The molecule has 0 spiro atoms. The van der Waals surface area contributed by atoms with E-state index in [1.165, 1.54) is 10.7 Å². The summed E-state index contributed by atoms with van der Waals surface area (Å²) in [7, 11) is 3.33. The molecule has 0 radical (unpaired) electrons. The summed E-state index contributed by atoms with van der Waals surface area (Å²) in [6, 6.07) is -0.218. The maximum Gasteiger partial charge on any atom is 0.247 e. The second-order valence-corrected chi connectivity index (χ2v) is 10.4. The molecule has 0 amide bonds. The fraction of sp³-hybridized carbons (Fsp3) is 0.950. The van der Waals surface area contributed by atoms with Gasteiger partial charge in [0.15, 0.2) is 0 Å². The van der Waals surface area contributed by atoms with Gasteiger partial charge in [-0.3, -0.25) is 0 Å². The minimum Gasteiger partial charge on any atom is -0.379 e. The van der Waals surface area contributed by atoms with Crippen LogP contribution < -0.4 is 0 Å². The molecule has 9 heteroatoms. The van der Waals surface area contributed by atoms with Gasteiger partial charge in [0.25, 0.3) is 0 Å². The lowest BCUT2D eigenvalue weighted by Crippen LogP contribution is -2.50. The predicted molar refractivity (Wildman–Crippen MR) is 110 cm³/mol. The third-order valence-corrected chi connectivity index (χ3v) is 7.99. The van der Waals surface area contributed by atoms with E-state index in [0.717, 1.165) is 44.2 Å². The summed E-state index contributed by atoms with van der Waals surface area (Å²) in [5.74, 6) is 0.270. The van der Waals surface area contributed by atoms with Gasteiger partial charge in [0.2, 0.25) is 10.0 Å². The number of hydrogen-bond acceptors (Lipinski definition) is 7. The Labute approximate surface area is 174 Å². The van der Waals surface area contributed by atoms with Crippen molar-refractivity contribution in [2.24, 2.45) is 16.9 Å². The first kappa shape index (κ1) is 22.9. The fourth-order valence-electron chi connectivity index (χ4n) is 5.49. The fourth-order valence-corrected chi connectivity index (χ4v) is 6.46. The lowest BCUT2D eigenvalue weighted by atomic mass is 9.76. The van der Waals surface area contributed by atoms with Crippen LogP contribution in [0.1, 0.15) is 44.9 Å². The normalized spacial score (nSPS) is 38.9. The summed E-state index contributed by atoms with van der Waals surface area (Å²) in [6.07, 6.45) is 7.29. The molecular formula is C20H36N2O6S. The van der Waals surface area contributed by atoms with Gasteiger partial charge in [-0.1, -0.05) is 6.42 Å². The molecule has 1 heterocycles. The molecule has 8 nitrogen and oxygen atoms in total. The Morgan fingerprint density at radius 2 is 1.59 bits per heavy atom. The van der Waals surface area contributed by atoms with Crippen LogP contribution >= 0.6 is 0 Å². The molecule has 0 aromatic heterocycles. The maximum absolute atomic E-state index is 12.6. The molecule has 0 bridgehead atoms. The van der Waals surface area contributed by atoms with Gasteiger partial charge in [-0.25, -0.2) is 8.42 Å². The number of ether oxygens (including phenoxy) is 4. The van der Waals surface area contributed by atoms with Crippen molar-refractivity contribution in [1.82, 2.24) is 4.41 Å². The highest BCUT2D eigenvalue weighted by Gasteiger charge is 2.47. The average molecular weight is 433 g/mol. The molecule has 2 saturated carbocycles. The highest BCUT2D eigenvalue weighted by atomic mass is 32.2. The van der Waals surface area contributed by atoms with Gasteiger partial charge in [0.1, 0.15) is 0 Å². The van der Waals surface area contributed by atoms with E-state index in [9.17, 15) is 8.42 Å². The van der Waals surface area contributed by atoms with Gasteiger partial charge < -0.3 is 18.9 Å². The number of methoxy groups -OCH3 is 4. The molecule has 0 aromatic rings. The quantitative estimate of drug-likeness (QED) is 0.612. The molecule has 29 heavy (non-hydrogen) atoms. The second kappa shape index (κ2) is 9.60. The first-order chi connectivity index (χ1) is 13.8. The average Bonchev–Trinajstić information content (AvgIpc) is 3.18. The zero-order valence-corrected chi connectivity index (χ0v) is 19.1. The van der Waals surface area contributed by atoms with Crippen LogP contribution in [-0.2, 0) is 29.0 Å². The summed E-state index contributed by atoms with van der Waals surface area (Å²) >= 11 is 0. The highest BCUT2D eigenvalue weighted by molar-refractivity contribution is 7.88. The molecule has 3 rings (SSSR count). The zero-order valence-electron chi connectivity index (χ0n) is 18.2. The van der Waals surface area contributed by atoms with Gasteiger partial charge in [-0.05, 0) is 32.1 Å². The molecule has 2 fully saturated rings. The van der Waals surface area contributed by atoms with Crippen molar-refractivity contribution in [2.45, 2.75) is 75.4 Å². The minimum absolute atomic E-state index is 0.00598. The lowest BCUT2D eigenvalue weighted by molar-refractivity contribution is -0.0983. The Balaban J connectivity index is 1.82. The van der Waals surface area contributed by atoms with Crippen molar-refractivity contribution < 1.29 is 27.4 Å².